The normalized spacial score (nSPS) is 28.8. The molecule has 1 saturated heterocycles. The molecule has 0 spiro atoms. The predicted molar refractivity (Wildman–Crippen MR) is 46.9 cm³/mol. The molecule has 0 unspecified atom stereocenters. The van der Waals surface area contributed by atoms with Crippen LogP contribution in [0.25, 0.3) is 0 Å². The van der Waals surface area contributed by atoms with Crippen molar-refractivity contribution < 1.29 is 9.53 Å². The van der Waals surface area contributed by atoms with Gasteiger partial charge in [0.2, 0.25) is 0 Å². The molecule has 1 N–H and O–H groups in total. The van der Waals surface area contributed by atoms with Crippen molar-refractivity contribution in [2.45, 2.75) is 38.1 Å². The largest absolute Gasteiger partial charge is 0.468 e. The van der Waals surface area contributed by atoms with Gasteiger partial charge in [-0.3, -0.25) is 4.79 Å². The minimum atomic E-state index is -0.358. The molecule has 0 saturated carbocycles. The van der Waals surface area contributed by atoms with Gasteiger partial charge in [-0.15, -0.1) is 0 Å². The van der Waals surface area contributed by atoms with Crippen LogP contribution in [0, 0.1) is 0 Å². The fraction of sp³-hybridized carbons (Fsp3) is 0.889. The van der Waals surface area contributed by atoms with Gasteiger partial charge in [0.15, 0.2) is 0 Å². The molecule has 0 aromatic rings. The second-order valence-corrected chi connectivity index (χ2v) is 3.35. The summed E-state index contributed by atoms with van der Waals surface area (Å²) in [6.07, 6.45) is 3.91. The minimum absolute atomic E-state index is 0.0955. The van der Waals surface area contributed by atoms with Crippen molar-refractivity contribution in [3.05, 3.63) is 0 Å². The molecule has 1 atom stereocenters. The van der Waals surface area contributed by atoms with Crippen LogP contribution in [0.3, 0.4) is 0 Å². The second-order valence-electron chi connectivity index (χ2n) is 3.35. The summed E-state index contributed by atoms with van der Waals surface area (Å²) < 4.78 is 4.79. The number of carbonyl (C=O) groups is 1. The lowest BCUT2D eigenvalue weighted by molar-refractivity contribution is -0.148. The van der Waals surface area contributed by atoms with Crippen LogP contribution in [0.1, 0.15) is 32.6 Å². The van der Waals surface area contributed by atoms with Crippen molar-refractivity contribution in [1.29, 1.82) is 0 Å². The molecule has 1 rings (SSSR count). The SMILES string of the molecule is CCC[C@@]1(C(=O)OC)CCCN1. The van der Waals surface area contributed by atoms with E-state index >= 15 is 0 Å². The number of carbonyl (C=O) groups excluding carboxylic acids is 1. The molecule has 0 aromatic carbocycles. The van der Waals surface area contributed by atoms with Crippen LogP contribution in [0.2, 0.25) is 0 Å². The van der Waals surface area contributed by atoms with Gasteiger partial charge in [-0.05, 0) is 25.8 Å². The van der Waals surface area contributed by atoms with E-state index in [1.165, 1.54) is 7.11 Å². The van der Waals surface area contributed by atoms with E-state index in [1.807, 2.05) is 0 Å². The Hall–Kier alpha value is -0.570. The number of hydrogen-bond acceptors (Lipinski definition) is 3. The Kier molecular flexibility index (Phi) is 3.09. The molecule has 0 aromatic heterocycles. The molecule has 0 bridgehead atoms. The Morgan fingerprint density at radius 1 is 1.67 bits per heavy atom. The third-order valence-electron chi connectivity index (χ3n) is 2.50. The highest BCUT2D eigenvalue weighted by Gasteiger charge is 2.40. The Balaban J connectivity index is 2.64. The zero-order valence-corrected chi connectivity index (χ0v) is 7.85. The Bertz CT molecular complexity index is 162. The summed E-state index contributed by atoms with van der Waals surface area (Å²) in [4.78, 5) is 11.4. The number of esters is 1. The Morgan fingerprint density at radius 3 is 2.83 bits per heavy atom. The standard InChI is InChI=1S/C9H17NO2/c1-3-5-9(8(11)12-2)6-4-7-10-9/h10H,3-7H2,1-2H3/t9-/m0/s1. The summed E-state index contributed by atoms with van der Waals surface area (Å²) in [5, 5.41) is 3.25. The first kappa shape index (κ1) is 9.52. The van der Waals surface area contributed by atoms with Gasteiger partial charge < -0.3 is 10.1 Å². The van der Waals surface area contributed by atoms with Crippen LogP contribution in [-0.2, 0) is 9.53 Å². The molecule has 1 heterocycles. The van der Waals surface area contributed by atoms with Crippen LogP contribution in [0.15, 0.2) is 0 Å². The van der Waals surface area contributed by atoms with E-state index in [0.717, 1.165) is 32.2 Å². The van der Waals surface area contributed by atoms with Crippen LogP contribution in [0.5, 0.6) is 0 Å². The van der Waals surface area contributed by atoms with Gasteiger partial charge in [0.25, 0.3) is 0 Å². The molecule has 3 heteroatoms. The van der Waals surface area contributed by atoms with Crippen molar-refractivity contribution in [2.75, 3.05) is 13.7 Å². The highest BCUT2D eigenvalue weighted by molar-refractivity contribution is 5.81. The average molecular weight is 171 g/mol. The van der Waals surface area contributed by atoms with Crippen molar-refractivity contribution in [3.8, 4) is 0 Å². The number of rotatable bonds is 3. The molecule has 0 aliphatic carbocycles. The summed E-state index contributed by atoms with van der Waals surface area (Å²) in [7, 11) is 1.46. The number of hydrogen-bond donors (Lipinski definition) is 1. The van der Waals surface area contributed by atoms with Crippen molar-refractivity contribution in [1.82, 2.24) is 5.32 Å². The second kappa shape index (κ2) is 3.90. The summed E-state index contributed by atoms with van der Waals surface area (Å²) in [5.41, 5.74) is -0.358. The number of nitrogens with one attached hydrogen (secondary N) is 1. The van der Waals surface area contributed by atoms with Gasteiger partial charge in [-0.1, -0.05) is 13.3 Å². The van der Waals surface area contributed by atoms with Crippen molar-refractivity contribution >= 4 is 5.97 Å². The van der Waals surface area contributed by atoms with Gasteiger partial charge in [-0.2, -0.15) is 0 Å². The molecular weight excluding hydrogens is 154 g/mol. The van der Waals surface area contributed by atoms with E-state index < -0.39 is 0 Å². The van der Waals surface area contributed by atoms with E-state index in [4.69, 9.17) is 4.74 Å². The van der Waals surface area contributed by atoms with E-state index in [2.05, 4.69) is 12.2 Å². The third kappa shape index (κ3) is 1.61. The van der Waals surface area contributed by atoms with Crippen LogP contribution >= 0.6 is 0 Å². The molecule has 1 aliphatic heterocycles. The maximum Gasteiger partial charge on any atom is 0.326 e. The lowest BCUT2D eigenvalue weighted by atomic mass is 9.92. The lowest BCUT2D eigenvalue weighted by Crippen LogP contribution is -2.48. The topological polar surface area (TPSA) is 38.3 Å². The smallest absolute Gasteiger partial charge is 0.326 e. The minimum Gasteiger partial charge on any atom is -0.468 e. The van der Waals surface area contributed by atoms with Gasteiger partial charge in [0.1, 0.15) is 5.54 Å². The molecule has 1 fully saturated rings. The summed E-state index contributed by atoms with van der Waals surface area (Å²) in [6.45, 7) is 3.03. The molecule has 1 aliphatic rings. The molecular formula is C9H17NO2. The predicted octanol–water partition coefficient (Wildman–Crippen LogP) is 1.08. The monoisotopic (exact) mass is 171 g/mol. The highest BCUT2D eigenvalue weighted by Crippen LogP contribution is 2.25. The first-order valence-electron chi connectivity index (χ1n) is 4.58. The molecule has 12 heavy (non-hydrogen) atoms. The van der Waals surface area contributed by atoms with Crippen LogP contribution < -0.4 is 5.32 Å². The van der Waals surface area contributed by atoms with E-state index in [0.29, 0.717) is 0 Å². The van der Waals surface area contributed by atoms with E-state index in [1.54, 1.807) is 0 Å². The number of ether oxygens (including phenoxy) is 1. The molecule has 3 nitrogen and oxygen atoms in total. The van der Waals surface area contributed by atoms with Gasteiger partial charge >= 0.3 is 5.97 Å². The zero-order valence-electron chi connectivity index (χ0n) is 7.85. The molecule has 0 radical (unpaired) electrons. The van der Waals surface area contributed by atoms with Crippen molar-refractivity contribution in [3.63, 3.8) is 0 Å². The quantitative estimate of drug-likeness (QED) is 0.646. The average Bonchev–Trinajstić information content (AvgIpc) is 2.53. The maximum absolute atomic E-state index is 11.4. The Morgan fingerprint density at radius 2 is 2.42 bits per heavy atom. The lowest BCUT2D eigenvalue weighted by Gasteiger charge is -2.25. The fourth-order valence-electron chi connectivity index (χ4n) is 1.92. The zero-order chi connectivity index (χ0) is 9.03. The third-order valence-corrected chi connectivity index (χ3v) is 2.50. The summed E-state index contributed by atoms with van der Waals surface area (Å²) in [5.74, 6) is -0.0955. The van der Waals surface area contributed by atoms with E-state index in [9.17, 15) is 4.79 Å². The van der Waals surface area contributed by atoms with Gasteiger partial charge in [0.05, 0.1) is 7.11 Å². The van der Waals surface area contributed by atoms with Crippen LogP contribution in [-0.4, -0.2) is 25.2 Å². The maximum atomic E-state index is 11.4. The van der Waals surface area contributed by atoms with Gasteiger partial charge in [-0.25, -0.2) is 0 Å². The Labute approximate surface area is 73.5 Å². The first-order chi connectivity index (χ1) is 5.75. The number of methoxy groups -OCH3 is 1. The summed E-state index contributed by atoms with van der Waals surface area (Å²) >= 11 is 0. The van der Waals surface area contributed by atoms with Crippen LogP contribution in [0.4, 0.5) is 0 Å². The van der Waals surface area contributed by atoms with Gasteiger partial charge in [0, 0.05) is 0 Å². The van der Waals surface area contributed by atoms with E-state index in [-0.39, 0.29) is 11.5 Å². The summed E-state index contributed by atoms with van der Waals surface area (Å²) in [6, 6.07) is 0. The highest BCUT2D eigenvalue weighted by atomic mass is 16.5. The molecule has 70 valence electrons. The molecule has 0 amide bonds. The van der Waals surface area contributed by atoms with Crippen molar-refractivity contribution in [2.24, 2.45) is 0 Å². The first-order valence-corrected chi connectivity index (χ1v) is 4.58. The fourth-order valence-corrected chi connectivity index (χ4v) is 1.92.